The molecule has 0 aliphatic carbocycles. The topological polar surface area (TPSA) is 64.3 Å². The number of primary amides is 1. The molecule has 3 N–H and O–H groups in total. The van der Waals surface area contributed by atoms with Gasteiger partial charge in [0.2, 0.25) is 5.91 Å². The Bertz CT molecular complexity index is 431. The van der Waals surface area contributed by atoms with Crippen molar-refractivity contribution in [2.45, 2.75) is 31.8 Å². The number of methoxy groups -OCH3 is 1. The van der Waals surface area contributed by atoms with Crippen LogP contribution in [0, 0.1) is 6.07 Å². The second-order valence-corrected chi connectivity index (χ2v) is 4.42. The molecule has 0 spiro atoms. The normalized spacial score (nSPS) is 23.6. The van der Waals surface area contributed by atoms with Crippen molar-refractivity contribution in [1.82, 2.24) is 5.32 Å². The molecule has 4 nitrogen and oxygen atoms in total. The second-order valence-electron chi connectivity index (χ2n) is 4.42. The lowest BCUT2D eigenvalue weighted by molar-refractivity contribution is -0.120. The highest BCUT2D eigenvalue weighted by Gasteiger charge is 2.26. The molecule has 0 aromatic heterocycles. The van der Waals surface area contributed by atoms with E-state index in [1.54, 1.807) is 7.11 Å². The summed E-state index contributed by atoms with van der Waals surface area (Å²) in [6, 6.07) is 6.61. The van der Waals surface area contributed by atoms with Crippen molar-refractivity contribution in [3.05, 3.63) is 29.3 Å². The van der Waals surface area contributed by atoms with E-state index in [0.29, 0.717) is 5.75 Å². The Morgan fingerprint density at radius 2 is 2.41 bits per heavy atom. The number of hydrogen-bond acceptors (Lipinski definition) is 3. The van der Waals surface area contributed by atoms with Gasteiger partial charge in [0.25, 0.3) is 0 Å². The molecule has 2 rings (SSSR count). The number of carbonyl (C=O) groups excluding carboxylic acids is 1. The van der Waals surface area contributed by atoms with Crippen LogP contribution < -0.4 is 15.8 Å². The third-order valence-electron chi connectivity index (χ3n) is 3.16. The molecule has 1 amide bonds. The summed E-state index contributed by atoms with van der Waals surface area (Å²) in [6.45, 7) is 2.06. The van der Waals surface area contributed by atoms with Crippen LogP contribution in [0.25, 0.3) is 0 Å². The quantitative estimate of drug-likeness (QED) is 0.799. The first-order chi connectivity index (χ1) is 8.11. The minimum Gasteiger partial charge on any atom is -0.496 e. The lowest BCUT2D eigenvalue weighted by atomic mass is 9.98. The van der Waals surface area contributed by atoms with Crippen LogP contribution in [0.5, 0.6) is 5.75 Å². The van der Waals surface area contributed by atoms with Crippen molar-refractivity contribution in [2.75, 3.05) is 7.11 Å². The van der Waals surface area contributed by atoms with Crippen molar-refractivity contribution < 1.29 is 9.53 Å². The summed E-state index contributed by atoms with van der Waals surface area (Å²) in [5.41, 5.74) is 7.48. The van der Waals surface area contributed by atoms with Gasteiger partial charge in [-0.05, 0) is 43.0 Å². The monoisotopic (exact) mass is 233 g/mol. The van der Waals surface area contributed by atoms with Gasteiger partial charge in [0.15, 0.2) is 0 Å². The van der Waals surface area contributed by atoms with Crippen LogP contribution in [-0.4, -0.2) is 19.1 Å². The fourth-order valence-corrected chi connectivity index (χ4v) is 2.19. The molecule has 1 radical (unpaired) electrons. The molecule has 0 saturated carbocycles. The number of rotatable bonds is 2. The predicted molar refractivity (Wildman–Crippen MR) is 64.7 cm³/mol. The van der Waals surface area contributed by atoms with Crippen molar-refractivity contribution in [3.8, 4) is 5.75 Å². The van der Waals surface area contributed by atoms with Crippen molar-refractivity contribution in [2.24, 2.45) is 5.73 Å². The van der Waals surface area contributed by atoms with Crippen LogP contribution in [0.15, 0.2) is 12.1 Å². The summed E-state index contributed by atoms with van der Waals surface area (Å²) in [6.07, 6.45) is 1.91. The van der Waals surface area contributed by atoms with Crippen molar-refractivity contribution >= 4 is 5.91 Å². The molecule has 2 unspecified atom stereocenters. The van der Waals surface area contributed by atoms with E-state index in [9.17, 15) is 4.79 Å². The smallest absolute Gasteiger partial charge is 0.239 e. The largest absolute Gasteiger partial charge is 0.496 e. The van der Waals surface area contributed by atoms with E-state index in [-0.39, 0.29) is 11.9 Å². The molecule has 2 atom stereocenters. The predicted octanol–water partition coefficient (Wildman–Crippen LogP) is 0.946. The van der Waals surface area contributed by atoms with E-state index in [1.165, 1.54) is 0 Å². The minimum atomic E-state index is -0.439. The number of carbonyl (C=O) groups is 1. The Balaban J connectivity index is 2.45. The molecule has 1 aliphatic rings. The van der Waals surface area contributed by atoms with Crippen LogP contribution in [-0.2, 0) is 11.2 Å². The van der Waals surface area contributed by atoms with Gasteiger partial charge in [0.05, 0.1) is 7.11 Å². The van der Waals surface area contributed by atoms with E-state index in [4.69, 9.17) is 10.5 Å². The average molecular weight is 233 g/mol. The third-order valence-corrected chi connectivity index (χ3v) is 3.16. The van der Waals surface area contributed by atoms with Crippen molar-refractivity contribution in [1.29, 1.82) is 0 Å². The van der Waals surface area contributed by atoms with Crippen molar-refractivity contribution in [3.63, 3.8) is 0 Å². The molecule has 91 valence electrons. The molecule has 4 heteroatoms. The minimum absolute atomic E-state index is 0.269. The first-order valence-corrected chi connectivity index (χ1v) is 5.75. The molecule has 1 aliphatic heterocycles. The van der Waals surface area contributed by atoms with Gasteiger partial charge in [-0.25, -0.2) is 0 Å². The lowest BCUT2D eigenvalue weighted by Gasteiger charge is -2.18. The summed E-state index contributed by atoms with van der Waals surface area (Å²) in [7, 11) is 1.59. The van der Waals surface area contributed by atoms with Gasteiger partial charge in [-0.15, -0.1) is 0 Å². The van der Waals surface area contributed by atoms with Gasteiger partial charge in [-0.3, -0.25) is 10.1 Å². The zero-order valence-corrected chi connectivity index (χ0v) is 10.1. The van der Waals surface area contributed by atoms with Crippen LogP contribution in [0.3, 0.4) is 0 Å². The lowest BCUT2D eigenvalue weighted by Crippen LogP contribution is -2.37. The molecular weight excluding hydrogens is 216 g/mol. The first kappa shape index (κ1) is 11.9. The highest BCUT2D eigenvalue weighted by molar-refractivity contribution is 5.82. The highest BCUT2D eigenvalue weighted by atomic mass is 16.5. The number of fused-ring (bicyclic) bond motifs is 1. The average Bonchev–Trinajstić information content (AvgIpc) is 2.48. The number of benzene rings is 1. The Kier molecular flexibility index (Phi) is 3.33. The number of amides is 1. The zero-order chi connectivity index (χ0) is 12.4. The molecule has 17 heavy (non-hydrogen) atoms. The van der Waals surface area contributed by atoms with Gasteiger partial charge in [0.1, 0.15) is 11.8 Å². The number of nitrogens with two attached hydrogens (primary N) is 1. The molecule has 0 saturated heterocycles. The van der Waals surface area contributed by atoms with E-state index in [0.717, 1.165) is 24.0 Å². The van der Waals surface area contributed by atoms with Crippen LogP contribution >= 0.6 is 0 Å². The number of nitrogens with one attached hydrogen (secondary N) is 1. The maximum absolute atomic E-state index is 11.5. The maximum Gasteiger partial charge on any atom is 0.239 e. The van der Waals surface area contributed by atoms with E-state index in [1.807, 2.05) is 12.1 Å². The Morgan fingerprint density at radius 3 is 3.06 bits per heavy atom. The van der Waals surface area contributed by atoms with E-state index >= 15 is 0 Å². The standard InChI is InChI=1S/C13H17N2O2/c1-8-3-4-9-5-6-10(17-2)7-11(9)12(15-8)13(14)16/h5,7-8,12,15H,3-4H2,1-2H3,(H2,14,16). The molecule has 1 aromatic rings. The van der Waals surface area contributed by atoms with E-state index < -0.39 is 6.04 Å². The summed E-state index contributed by atoms with van der Waals surface area (Å²) in [4.78, 5) is 11.5. The fourth-order valence-electron chi connectivity index (χ4n) is 2.19. The van der Waals surface area contributed by atoms with Crippen LogP contribution in [0.2, 0.25) is 0 Å². The van der Waals surface area contributed by atoms with Gasteiger partial charge >= 0.3 is 0 Å². The number of aryl methyl sites for hydroxylation is 1. The Labute approximate surface area is 101 Å². The number of ether oxygens (including phenoxy) is 1. The van der Waals surface area contributed by atoms with Crippen LogP contribution in [0.1, 0.15) is 30.5 Å². The van der Waals surface area contributed by atoms with Gasteiger partial charge in [-0.1, -0.05) is 0 Å². The number of hydrogen-bond donors (Lipinski definition) is 2. The zero-order valence-electron chi connectivity index (χ0n) is 10.1. The summed E-state index contributed by atoms with van der Waals surface area (Å²) < 4.78 is 5.14. The summed E-state index contributed by atoms with van der Waals surface area (Å²) in [5, 5.41) is 3.24. The summed E-state index contributed by atoms with van der Waals surface area (Å²) in [5.74, 6) is 0.277. The fraction of sp³-hybridized carbons (Fsp3) is 0.462. The molecule has 1 aromatic carbocycles. The molecule has 0 fully saturated rings. The third kappa shape index (κ3) is 2.42. The summed E-state index contributed by atoms with van der Waals surface area (Å²) >= 11 is 0. The highest BCUT2D eigenvalue weighted by Crippen LogP contribution is 2.27. The molecule has 0 bridgehead atoms. The Morgan fingerprint density at radius 1 is 1.65 bits per heavy atom. The van der Waals surface area contributed by atoms with Gasteiger partial charge in [0, 0.05) is 12.1 Å². The van der Waals surface area contributed by atoms with Crippen LogP contribution in [0.4, 0.5) is 0 Å². The molecule has 1 heterocycles. The van der Waals surface area contributed by atoms with Gasteiger partial charge in [-0.2, -0.15) is 0 Å². The molecular formula is C13H17N2O2. The SMILES string of the molecule is COc1[c]cc2c(c1)C(C(N)=O)NC(C)CC2. The van der Waals surface area contributed by atoms with E-state index in [2.05, 4.69) is 18.3 Å². The first-order valence-electron chi connectivity index (χ1n) is 5.75. The Hall–Kier alpha value is -1.55. The maximum atomic E-state index is 11.5. The van der Waals surface area contributed by atoms with Gasteiger partial charge < -0.3 is 10.5 Å². The second kappa shape index (κ2) is 4.75.